The summed E-state index contributed by atoms with van der Waals surface area (Å²) < 4.78 is 5.18. The van der Waals surface area contributed by atoms with Crippen LogP contribution in [0.4, 0.5) is 4.79 Å². The highest BCUT2D eigenvalue weighted by Crippen LogP contribution is 2.21. The van der Waals surface area contributed by atoms with Crippen molar-refractivity contribution in [2.24, 2.45) is 5.92 Å². The minimum absolute atomic E-state index is 0.0342. The highest BCUT2D eigenvalue weighted by Gasteiger charge is 2.45. The lowest BCUT2D eigenvalue weighted by molar-refractivity contribution is -0.144. The molecule has 0 spiro atoms. The summed E-state index contributed by atoms with van der Waals surface area (Å²) in [4.78, 5) is 25.9. The Labute approximate surface area is 126 Å². The quantitative estimate of drug-likeness (QED) is 0.754. The molecule has 0 radical (unpaired) electrons. The number of carboxylic acids is 1. The monoisotopic (exact) mass is 300 g/mol. The molecule has 1 unspecified atom stereocenters. The van der Waals surface area contributed by atoms with Crippen LogP contribution in [0.15, 0.2) is 0 Å². The highest BCUT2D eigenvalue weighted by molar-refractivity contribution is 5.86. The van der Waals surface area contributed by atoms with E-state index >= 15 is 0 Å². The van der Waals surface area contributed by atoms with Gasteiger partial charge in [0.05, 0.1) is 6.61 Å². The number of carbonyl (C=O) groups excluding carboxylic acids is 1. The molecule has 6 nitrogen and oxygen atoms in total. The molecule has 21 heavy (non-hydrogen) atoms. The maximum atomic E-state index is 12.6. The summed E-state index contributed by atoms with van der Waals surface area (Å²) in [5.41, 5.74) is -1.28. The Morgan fingerprint density at radius 1 is 1.33 bits per heavy atom. The van der Waals surface area contributed by atoms with Gasteiger partial charge in [0.25, 0.3) is 0 Å². The third kappa shape index (κ3) is 4.33. The number of hydrogen-bond donors (Lipinski definition) is 2. The standard InChI is InChI=1S/C15H28N2O4/c1-5-12(6-2)17(9-11(3)4)14(20)16-15(13(18)19)7-8-21-10-15/h11-12H,5-10H2,1-4H3,(H,16,20)(H,18,19). The molecular weight excluding hydrogens is 272 g/mol. The molecular formula is C15H28N2O4. The number of carboxylic acid groups (broad SMARTS) is 1. The van der Waals surface area contributed by atoms with Gasteiger partial charge in [0.2, 0.25) is 0 Å². The fourth-order valence-corrected chi connectivity index (χ4v) is 2.68. The summed E-state index contributed by atoms with van der Waals surface area (Å²) in [7, 11) is 0. The van der Waals surface area contributed by atoms with E-state index in [9.17, 15) is 14.7 Å². The summed E-state index contributed by atoms with van der Waals surface area (Å²) in [6.07, 6.45) is 2.02. The summed E-state index contributed by atoms with van der Waals surface area (Å²) in [5, 5.41) is 12.1. The number of aliphatic carboxylic acids is 1. The van der Waals surface area contributed by atoms with Crippen molar-refractivity contribution in [3.05, 3.63) is 0 Å². The predicted octanol–water partition coefficient (Wildman–Crippen LogP) is 2.09. The molecule has 2 N–H and O–H groups in total. The largest absolute Gasteiger partial charge is 0.479 e. The van der Waals surface area contributed by atoms with Crippen LogP contribution in [-0.2, 0) is 9.53 Å². The van der Waals surface area contributed by atoms with E-state index in [1.165, 1.54) is 0 Å². The van der Waals surface area contributed by atoms with Crippen LogP contribution < -0.4 is 5.32 Å². The third-order valence-corrected chi connectivity index (χ3v) is 3.98. The Bertz CT molecular complexity index is 361. The van der Waals surface area contributed by atoms with Crippen LogP contribution in [0.1, 0.15) is 47.0 Å². The number of urea groups is 1. The number of amides is 2. The molecule has 0 aromatic heterocycles. The van der Waals surface area contributed by atoms with Gasteiger partial charge in [-0.1, -0.05) is 27.7 Å². The Hall–Kier alpha value is -1.30. The lowest BCUT2D eigenvalue weighted by atomic mass is 9.99. The molecule has 6 heteroatoms. The maximum Gasteiger partial charge on any atom is 0.332 e. The minimum atomic E-state index is -1.28. The predicted molar refractivity (Wildman–Crippen MR) is 80.2 cm³/mol. The first-order chi connectivity index (χ1) is 9.86. The Kier molecular flexibility index (Phi) is 6.45. The van der Waals surface area contributed by atoms with Crippen LogP contribution in [0.3, 0.4) is 0 Å². The SMILES string of the molecule is CCC(CC)N(CC(C)C)C(=O)NC1(C(=O)O)CCOC1. The molecule has 0 aromatic carbocycles. The summed E-state index contributed by atoms with van der Waals surface area (Å²) in [5.74, 6) is -0.695. The second-order valence-corrected chi connectivity index (χ2v) is 6.14. The van der Waals surface area contributed by atoms with E-state index < -0.39 is 11.5 Å². The van der Waals surface area contributed by atoms with Crippen molar-refractivity contribution in [3.8, 4) is 0 Å². The number of carbonyl (C=O) groups is 2. The number of nitrogens with zero attached hydrogens (tertiary/aromatic N) is 1. The van der Waals surface area contributed by atoms with E-state index in [0.717, 1.165) is 12.8 Å². The first kappa shape index (κ1) is 17.8. The van der Waals surface area contributed by atoms with Crippen LogP contribution in [-0.4, -0.2) is 53.3 Å². The molecule has 0 aliphatic carbocycles. The van der Waals surface area contributed by atoms with Crippen LogP contribution in [0.2, 0.25) is 0 Å². The molecule has 0 aromatic rings. The maximum absolute atomic E-state index is 12.6. The van der Waals surface area contributed by atoms with Gasteiger partial charge in [-0.05, 0) is 18.8 Å². The molecule has 2 amide bonds. The zero-order chi connectivity index (χ0) is 16.0. The van der Waals surface area contributed by atoms with Crippen molar-refractivity contribution in [1.29, 1.82) is 0 Å². The molecule has 1 rings (SSSR count). The molecule has 0 bridgehead atoms. The molecule has 1 aliphatic heterocycles. The van der Waals surface area contributed by atoms with Crippen molar-refractivity contribution in [1.82, 2.24) is 10.2 Å². The van der Waals surface area contributed by atoms with E-state index in [4.69, 9.17) is 4.74 Å². The minimum Gasteiger partial charge on any atom is -0.479 e. The molecule has 1 aliphatic rings. The van der Waals surface area contributed by atoms with Gasteiger partial charge >= 0.3 is 12.0 Å². The normalized spacial score (nSPS) is 21.8. The van der Waals surface area contributed by atoms with Gasteiger partial charge in [-0.2, -0.15) is 0 Å². The summed E-state index contributed by atoms with van der Waals surface area (Å²) >= 11 is 0. The Balaban J connectivity index is 2.86. The van der Waals surface area contributed by atoms with Crippen molar-refractivity contribution < 1.29 is 19.4 Å². The van der Waals surface area contributed by atoms with Gasteiger partial charge in [-0.3, -0.25) is 0 Å². The molecule has 122 valence electrons. The van der Waals surface area contributed by atoms with Gasteiger partial charge in [0, 0.05) is 25.6 Å². The Morgan fingerprint density at radius 2 is 1.95 bits per heavy atom. The van der Waals surface area contributed by atoms with Crippen molar-refractivity contribution >= 4 is 12.0 Å². The second kappa shape index (κ2) is 7.64. The van der Waals surface area contributed by atoms with Crippen molar-refractivity contribution in [3.63, 3.8) is 0 Å². The number of ether oxygens (including phenoxy) is 1. The first-order valence-electron chi connectivity index (χ1n) is 7.76. The number of hydrogen-bond acceptors (Lipinski definition) is 3. The second-order valence-electron chi connectivity index (χ2n) is 6.14. The third-order valence-electron chi connectivity index (χ3n) is 3.98. The molecule has 1 fully saturated rings. The molecule has 0 saturated carbocycles. The van der Waals surface area contributed by atoms with E-state index in [-0.39, 0.29) is 18.7 Å². The van der Waals surface area contributed by atoms with E-state index in [0.29, 0.717) is 25.5 Å². The average molecular weight is 300 g/mol. The zero-order valence-corrected chi connectivity index (χ0v) is 13.5. The van der Waals surface area contributed by atoms with Crippen molar-refractivity contribution in [2.75, 3.05) is 19.8 Å². The lowest BCUT2D eigenvalue weighted by Crippen LogP contribution is -2.60. The van der Waals surface area contributed by atoms with Gasteiger partial charge in [0.15, 0.2) is 5.54 Å². The van der Waals surface area contributed by atoms with Crippen LogP contribution in [0.5, 0.6) is 0 Å². The number of rotatable bonds is 7. The van der Waals surface area contributed by atoms with Gasteiger partial charge < -0.3 is 20.1 Å². The fraction of sp³-hybridized carbons (Fsp3) is 0.867. The topological polar surface area (TPSA) is 78.9 Å². The molecule has 1 saturated heterocycles. The Morgan fingerprint density at radius 3 is 2.33 bits per heavy atom. The molecule has 1 atom stereocenters. The lowest BCUT2D eigenvalue weighted by Gasteiger charge is -2.35. The van der Waals surface area contributed by atoms with Gasteiger partial charge in [-0.25, -0.2) is 9.59 Å². The van der Waals surface area contributed by atoms with Crippen LogP contribution in [0.25, 0.3) is 0 Å². The fourth-order valence-electron chi connectivity index (χ4n) is 2.68. The molecule has 1 heterocycles. The summed E-state index contributed by atoms with van der Waals surface area (Å²) in [6.45, 7) is 9.20. The van der Waals surface area contributed by atoms with Crippen molar-refractivity contribution in [2.45, 2.75) is 58.5 Å². The van der Waals surface area contributed by atoms with E-state index in [2.05, 4.69) is 5.32 Å². The number of nitrogens with one attached hydrogen (secondary N) is 1. The highest BCUT2D eigenvalue weighted by atomic mass is 16.5. The smallest absolute Gasteiger partial charge is 0.332 e. The van der Waals surface area contributed by atoms with Gasteiger partial charge in [-0.15, -0.1) is 0 Å². The van der Waals surface area contributed by atoms with Crippen LogP contribution in [0, 0.1) is 5.92 Å². The zero-order valence-electron chi connectivity index (χ0n) is 13.5. The van der Waals surface area contributed by atoms with Crippen LogP contribution >= 0.6 is 0 Å². The van der Waals surface area contributed by atoms with Gasteiger partial charge in [0.1, 0.15) is 0 Å². The van der Waals surface area contributed by atoms with E-state index in [1.54, 1.807) is 4.90 Å². The summed E-state index contributed by atoms with van der Waals surface area (Å²) in [6, 6.07) is -0.175. The first-order valence-corrected chi connectivity index (χ1v) is 7.76. The average Bonchev–Trinajstić information content (AvgIpc) is 2.88. The van der Waals surface area contributed by atoms with E-state index in [1.807, 2.05) is 27.7 Å².